The standard InChI is InChI=1S/C15H11FNO2S/c1-11-2-5-14(6-3-11)20(18,19)17-9-8-12-10-13(16)4-7-15(12)17/h2-8,10H,1H3. The zero-order valence-corrected chi connectivity index (χ0v) is 11.5. The number of hydrogen-bond donors (Lipinski definition) is 0. The summed E-state index contributed by atoms with van der Waals surface area (Å²) < 4.78 is 39.3. The first-order valence-electron chi connectivity index (χ1n) is 5.99. The second-order valence-electron chi connectivity index (χ2n) is 4.56. The van der Waals surface area contributed by atoms with Gasteiger partial charge in [0, 0.05) is 5.39 Å². The number of aromatic nitrogens is 1. The minimum Gasteiger partial charge on any atom is -0.232 e. The monoisotopic (exact) mass is 288 g/mol. The van der Waals surface area contributed by atoms with Crippen LogP contribution in [0.15, 0.2) is 53.4 Å². The fraction of sp³-hybridized carbons (Fsp3) is 0.0667. The highest BCUT2D eigenvalue weighted by Gasteiger charge is 2.19. The van der Waals surface area contributed by atoms with Gasteiger partial charge in [0.2, 0.25) is 0 Å². The van der Waals surface area contributed by atoms with E-state index in [2.05, 4.69) is 6.20 Å². The van der Waals surface area contributed by atoms with E-state index in [9.17, 15) is 12.8 Å². The summed E-state index contributed by atoms with van der Waals surface area (Å²) in [5.74, 6) is -0.406. The molecule has 1 aromatic heterocycles. The van der Waals surface area contributed by atoms with Crippen molar-refractivity contribution in [3.63, 3.8) is 0 Å². The molecule has 5 heteroatoms. The maximum absolute atomic E-state index is 13.1. The van der Waals surface area contributed by atoms with E-state index in [1.165, 1.54) is 24.3 Å². The molecule has 0 unspecified atom stereocenters. The van der Waals surface area contributed by atoms with Gasteiger partial charge < -0.3 is 0 Å². The number of benzene rings is 2. The van der Waals surface area contributed by atoms with Gasteiger partial charge in [-0.25, -0.2) is 16.8 Å². The van der Waals surface area contributed by atoms with Gasteiger partial charge in [-0.1, -0.05) is 17.7 Å². The molecule has 1 radical (unpaired) electrons. The minimum atomic E-state index is -3.71. The van der Waals surface area contributed by atoms with E-state index < -0.39 is 15.8 Å². The van der Waals surface area contributed by atoms with Crippen LogP contribution < -0.4 is 0 Å². The maximum atomic E-state index is 13.1. The molecule has 0 fully saturated rings. The molecule has 0 atom stereocenters. The Labute approximate surface area is 116 Å². The van der Waals surface area contributed by atoms with E-state index in [-0.39, 0.29) is 4.90 Å². The highest BCUT2D eigenvalue weighted by Crippen LogP contribution is 2.22. The zero-order valence-electron chi connectivity index (χ0n) is 10.7. The lowest BCUT2D eigenvalue weighted by Gasteiger charge is -2.07. The van der Waals surface area contributed by atoms with Crippen LogP contribution >= 0.6 is 0 Å². The second kappa shape index (κ2) is 4.45. The molecule has 0 amide bonds. The molecule has 3 nitrogen and oxygen atoms in total. The van der Waals surface area contributed by atoms with Crippen LogP contribution in [0.1, 0.15) is 5.56 Å². The molecule has 20 heavy (non-hydrogen) atoms. The first-order valence-corrected chi connectivity index (χ1v) is 7.43. The highest BCUT2D eigenvalue weighted by atomic mass is 32.2. The average molecular weight is 288 g/mol. The third kappa shape index (κ3) is 2.00. The van der Waals surface area contributed by atoms with Crippen molar-refractivity contribution < 1.29 is 12.8 Å². The van der Waals surface area contributed by atoms with Crippen molar-refractivity contribution in [2.45, 2.75) is 11.8 Å². The van der Waals surface area contributed by atoms with E-state index in [1.54, 1.807) is 24.3 Å². The van der Waals surface area contributed by atoms with Crippen molar-refractivity contribution in [3.8, 4) is 0 Å². The molecule has 0 bridgehead atoms. The molecule has 3 aromatic rings. The fourth-order valence-corrected chi connectivity index (χ4v) is 3.35. The third-order valence-corrected chi connectivity index (χ3v) is 4.76. The van der Waals surface area contributed by atoms with Crippen LogP contribution in [0.4, 0.5) is 4.39 Å². The number of hydrogen-bond acceptors (Lipinski definition) is 2. The Morgan fingerprint density at radius 1 is 1.10 bits per heavy atom. The Morgan fingerprint density at radius 2 is 1.80 bits per heavy atom. The van der Waals surface area contributed by atoms with Gasteiger partial charge in [-0.05, 0) is 43.3 Å². The summed E-state index contributed by atoms with van der Waals surface area (Å²) in [4.78, 5) is 0.182. The third-order valence-electron chi connectivity index (χ3n) is 3.10. The molecule has 0 aliphatic rings. The molecule has 101 valence electrons. The van der Waals surface area contributed by atoms with Crippen LogP contribution in [0, 0.1) is 18.9 Å². The van der Waals surface area contributed by atoms with E-state index >= 15 is 0 Å². The lowest BCUT2D eigenvalue weighted by Crippen LogP contribution is -2.11. The lowest BCUT2D eigenvalue weighted by atomic mass is 10.2. The summed E-state index contributed by atoms with van der Waals surface area (Å²) in [6.07, 6.45) is 2.66. The smallest absolute Gasteiger partial charge is 0.232 e. The second-order valence-corrected chi connectivity index (χ2v) is 6.35. The Balaban J connectivity index is 2.21. The fourth-order valence-electron chi connectivity index (χ4n) is 2.04. The van der Waals surface area contributed by atoms with Crippen molar-refractivity contribution in [2.75, 3.05) is 0 Å². The Morgan fingerprint density at radius 3 is 2.50 bits per heavy atom. The van der Waals surface area contributed by atoms with E-state index in [4.69, 9.17) is 0 Å². The largest absolute Gasteiger partial charge is 0.268 e. The molecule has 0 aliphatic heterocycles. The molecule has 1 heterocycles. The summed E-state index contributed by atoms with van der Waals surface area (Å²) in [5.41, 5.74) is 1.39. The first-order chi connectivity index (χ1) is 9.48. The number of fused-ring (bicyclic) bond motifs is 1. The van der Waals surface area contributed by atoms with Crippen molar-refractivity contribution in [3.05, 3.63) is 66.1 Å². The summed E-state index contributed by atoms with van der Waals surface area (Å²) in [7, 11) is -3.71. The van der Waals surface area contributed by atoms with Gasteiger partial charge in [0.25, 0.3) is 10.0 Å². The maximum Gasteiger partial charge on any atom is 0.268 e. The van der Waals surface area contributed by atoms with Gasteiger partial charge in [0.1, 0.15) is 5.82 Å². The van der Waals surface area contributed by atoms with E-state index in [0.717, 1.165) is 9.54 Å². The highest BCUT2D eigenvalue weighted by molar-refractivity contribution is 7.90. The van der Waals surface area contributed by atoms with Gasteiger partial charge in [-0.2, -0.15) is 0 Å². The number of halogens is 1. The van der Waals surface area contributed by atoms with Gasteiger partial charge >= 0.3 is 0 Å². The zero-order chi connectivity index (χ0) is 14.3. The molecule has 3 rings (SSSR count). The van der Waals surface area contributed by atoms with Crippen LogP contribution in [0.2, 0.25) is 0 Å². The molecule has 0 saturated carbocycles. The Kier molecular flexibility index (Phi) is 2.87. The van der Waals surface area contributed by atoms with Gasteiger partial charge in [0.15, 0.2) is 0 Å². The van der Waals surface area contributed by atoms with Crippen molar-refractivity contribution in [1.82, 2.24) is 3.97 Å². The van der Waals surface area contributed by atoms with Crippen LogP contribution in [-0.2, 0) is 10.0 Å². The number of nitrogens with zero attached hydrogens (tertiary/aromatic N) is 1. The Hall–Kier alpha value is -2.14. The first kappa shape index (κ1) is 12.9. The van der Waals surface area contributed by atoms with Crippen LogP contribution in [0.5, 0.6) is 0 Å². The average Bonchev–Trinajstić information content (AvgIpc) is 2.82. The van der Waals surface area contributed by atoms with E-state index in [1.807, 2.05) is 6.92 Å². The predicted octanol–water partition coefficient (Wildman–Crippen LogP) is 3.13. The Bertz CT molecular complexity index is 880. The lowest BCUT2D eigenvalue weighted by molar-refractivity contribution is 0.588. The summed E-state index contributed by atoms with van der Waals surface area (Å²) >= 11 is 0. The van der Waals surface area contributed by atoms with Crippen molar-refractivity contribution in [2.24, 2.45) is 0 Å². The van der Waals surface area contributed by atoms with Gasteiger partial charge in [-0.15, -0.1) is 0 Å². The SMILES string of the molecule is Cc1ccc(S(=O)(=O)n2[c]cc3cc(F)ccc32)cc1. The van der Waals surface area contributed by atoms with Crippen LogP contribution in [-0.4, -0.2) is 12.4 Å². The van der Waals surface area contributed by atoms with Crippen LogP contribution in [0.3, 0.4) is 0 Å². The molecule has 2 aromatic carbocycles. The van der Waals surface area contributed by atoms with Crippen molar-refractivity contribution >= 4 is 20.9 Å². The van der Waals surface area contributed by atoms with Gasteiger partial charge in [-0.3, -0.25) is 0 Å². The summed E-state index contributed by atoms with van der Waals surface area (Å²) in [6, 6.07) is 12.0. The summed E-state index contributed by atoms with van der Waals surface area (Å²) in [6.45, 7) is 1.89. The predicted molar refractivity (Wildman–Crippen MR) is 74.5 cm³/mol. The quantitative estimate of drug-likeness (QED) is 0.726. The molecule has 0 saturated heterocycles. The number of rotatable bonds is 2. The molecule has 0 aliphatic carbocycles. The topological polar surface area (TPSA) is 39.1 Å². The normalized spacial score (nSPS) is 11.9. The molecule has 0 N–H and O–H groups in total. The molecule has 0 spiro atoms. The van der Waals surface area contributed by atoms with Crippen LogP contribution in [0.25, 0.3) is 10.9 Å². The molecular formula is C15H11FNO2S. The minimum absolute atomic E-state index is 0.182. The van der Waals surface area contributed by atoms with Gasteiger partial charge in [0.05, 0.1) is 16.6 Å². The number of aryl methyl sites for hydroxylation is 1. The summed E-state index contributed by atoms with van der Waals surface area (Å²) in [5, 5.41) is 0.501. The molecular weight excluding hydrogens is 277 g/mol. The van der Waals surface area contributed by atoms with Crippen molar-refractivity contribution in [1.29, 1.82) is 0 Å². The van der Waals surface area contributed by atoms with E-state index in [0.29, 0.717) is 10.9 Å².